The number of imide groups is 1. The number of hydrogen-bond acceptors (Lipinski definition) is 13. The molecule has 7 aromatic rings. The minimum absolute atomic E-state index is 0.0181. The quantitative estimate of drug-likeness (QED) is 0.0653. The number of hydrogen-bond donors (Lipinski definition) is 3. The molecule has 16 heteroatoms. The summed E-state index contributed by atoms with van der Waals surface area (Å²) in [4.78, 5) is 71.7. The van der Waals surface area contributed by atoms with Gasteiger partial charge in [-0.3, -0.25) is 29.9 Å². The molecule has 0 spiro atoms. The molecule has 73 heavy (non-hydrogen) atoms. The van der Waals surface area contributed by atoms with Crippen LogP contribution in [0.2, 0.25) is 0 Å². The number of unbranched alkanes of at least 4 members (excludes halogenated alkanes) is 1. The fourth-order valence-corrected chi connectivity index (χ4v) is 12.1. The molecule has 3 amide bonds. The number of rotatable bonds is 15. The number of carboxylic acids is 1. The molecule has 4 aromatic carbocycles. The van der Waals surface area contributed by atoms with Crippen molar-refractivity contribution in [1.29, 1.82) is 0 Å². The molecule has 0 bridgehead atoms. The second kappa shape index (κ2) is 21.2. The third-order valence-corrected chi connectivity index (χ3v) is 16.3. The van der Waals surface area contributed by atoms with Crippen LogP contribution < -0.4 is 20.3 Å². The molecule has 6 heterocycles. The molecule has 3 aromatic heterocycles. The van der Waals surface area contributed by atoms with Gasteiger partial charge >= 0.3 is 5.97 Å². The molecule has 1 atom stereocenters. The number of para-hydroxylation sites is 1. The first-order valence-electron chi connectivity index (χ1n) is 25.8. The fraction of sp³-hybridized carbons (Fsp3) is 0.386. The highest BCUT2D eigenvalue weighted by molar-refractivity contribution is 7.22. The molecular weight excluding hydrogens is 941 g/mol. The lowest BCUT2D eigenvalue weighted by atomic mass is 9.84. The molecule has 0 radical (unpaired) electrons. The van der Waals surface area contributed by atoms with Crippen molar-refractivity contribution in [2.24, 2.45) is 5.92 Å². The van der Waals surface area contributed by atoms with Crippen LogP contribution in [-0.4, -0.2) is 98.9 Å². The van der Waals surface area contributed by atoms with Crippen molar-refractivity contribution in [3.05, 3.63) is 130 Å². The number of carbonyl (C=O) groups excluding carboxylic acids is 3. The average Bonchev–Trinajstić information content (AvgIpc) is 4.01. The number of piperazine rings is 1. The Morgan fingerprint density at radius 1 is 0.822 bits per heavy atom. The normalized spacial score (nSPS) is 19.7. The van der Waals surface area contributed by atoms with E-state index < -0.39 is 5.97 Å². The standard InChI is InChI=1S/C57H60N8O7S/c1-35-40(42-20-23-50(60-53(42)56(69)70)65-27-25-37-9-6-11-43(44(37)33-65)55(68)62-57-59-45-12-2-3-14-49(45)73-57)10-7-13-47(35)71-39-18-15-36(16-19-39)8-4-5-26-63-28-30-64(31-29-63)34-52-58-46-32-38(17-22-48(46)72-52)41-21-24-51(66)61-54(41)67/h2-3,6-7,9-14,17,20,22-23,32,36,39,41H,4-5,8,15-16,18-19,21,24-31,33-34H2,1H3,(H,69,70)(H,59,62,68)(H,61,66,67). The summed E-state index contributed by atoms with van der Waals surface area (Å²) in [6, 6.07) is 28.9. The Balaban J connectivity index is 0.635. The fourth-order valence-electron chi connectivity index (χ4n) is 11.3. The minimum atomic E-state index is -1.10. The van der Waals surface area contributed by atoms with E-state index in [4.69, 9.17) is 19.1 Å². The zero-order valence-electron chi connectivity index (χ0n) is 41.1. The number of nitrogens with one attached hydrogen (secondary N) is 2. The van der Waals surface area contributed by atoms with E-state index in [1.807, 2.05) is 103 Å². The van der Waals surface area contributed by atoms with E-state index >= 15 is 0 Å². The highest BCUT2D eigenvalue weighted by Crippen LogP contribution is 2.38. The number of nitrogens with zero attached hydrogens (tertiary/aromatic N) is 6. The van der Waals surface area contributed by atoms with Crippen LogP contribution in [0.4, 0.5) is 10.9 Å². The first-order chi connectivity index (χ1) is 35.6. The summed E-state index contributed by atoms with van der Waals surface area (Å²) in [7, 11) is 0. The lowest BCUT2D eigenvalue weighted by molar-refractivity contribution is -0.134. The highest BCUT2D eigenvalue weighted by Gasteiger charge is 2.30. The Bertz CT molecular complexity index is 3180. The van der Waals surface area contributed by atoms with E-state index in [1.165, 1.54) is 30.6 Å². The maximum Gasteiger partial charge on any atom is 0.355 e. The number of aromatic nitrogens is 3. The van der Waals surface area contributed by atoms with Crippen molar-refractivity contribution in [3.63, 3.8) is 0 Å². The first kappa shape index (κ1) is 48.3. The number of fused-ring (bicyclic) bond motifs is 3. The van der Waals surface area contributed by atoms with E-state index in [0.29, 0.717) is 78.4 Å². The van der Waals surface area contributed by atoms with E-state index in [9.17, 15) is 24.3 Å². The number of pyridine rings is 1. The van der Waals surface area contributed by atoms with Gasteiger partial charge in [0.2, 0.25) is 17.7 Å². The summed E-state index contributed by atoms with van der Waals surface area (Å²) in [5.74, 6) is 0.583. The summed E-state index contributed by atoms with van der Waals surface area (Å²) < 4.78 is 13.8. The van der Waals surface area contributed by atoms with Gasteiger partial charge in [0.05, 0.1) is 28.8 Å². The van der Waals surface area contributed by atoms with Gasteiger partial charge in [-0.1, -0.05) is 66.6 Å². The predicted octanol–water partition coefficient (Wildman–Crippen LogP) is 9.77. The molecule has 1 unspecified atom stereocenters. The molecule has 3 fully saturated rings. The van der Waals surface area contributed by atoms with E-state index in [-0.39, 0.29) is 35.4 Å². The van der Waals surface area contributed by atoms with Crippen LogP contribution in [0.25, 0.3) is 32.4 Å². The third kappa shape index (κ3) is 10.7. The van der Waals surface area contributed by atoms with E-state index in [1.54, 1.807) is 0 Å². The number of oxazole rings is 1. The van der Waals surface area contributed by atoms with Gasteiger partial charge < -0.3 is 24.1 Å². The van der Waals surface area contributed by atoms with Crippen LogP contribution in [0, 0.1) is 12.8 Å². The average molecular weight is 1000 g/mol. The van der Waals surface area contributed by atoms with Gasteiger partial charge in [-0.15, -0.1) is 0 Å². The second-order valence-electron chi connectivity index (χ2n) is 20.1. The lowest BCUT2D eigenvalue weighted by Crippen LogP contribution is -2.46. The Labute approximate surface area is 428 Å². The molecule has 2 saturated heterocycles. The molecular formula is C57H60N8O7S. The Morgan fingerprint density at radius 3 is 2.47 bits per heavy atom. The molecule has 4 aliphatic rings. The first-order valence-corrected chi connectivity index (χ1v) is 26.6. The van der Waals surface area contributed by atoms with E-state index in [2.05, 4.69) is 25.4 Å². The number of carboxylic acid groups (broad SMARTS) is 1. The smallest absolute Gasteiger partial charge is 0.355 e. The number of anilines is 2. The number of amides is 3. The van der Waals surface area contributed by atoms with Crippen LogP contribution in [-0.2, 0) is 29.1 Å². The summed E-state index contributed by atoms with van der Waals surface area (Å²) >= 11 is 1.44. The zero-order valence-corrected chi connectivity index (χ0v) is 41.9. The van der Waals surface area contributed by atoms with E-state index in [0.717, 1.165) is 108 Å². The van der Waals surface area contributed by atoms with Crippen LogP contribution in [0.15, 0.2) is 95.4 Å². The summed E-state index contributed by atoms with van der Waals surface area (Å²) in [6.07, 6.45) is 9.57. The van der Waals surface area contributed by atoms with Gasteiger partial charge in [0.1, 0.15) is 17.1 Å². The van der Waals surface area contributed by atoms with Gasteiger partial charge in [0.15, 0.2) is 16.4 Å². The largest absolute Gasteiger partial charge is 0.490 e. The van der Waals surface area contributed by atoms with Gasteiger partial charge in [-0.25, -0.2) is 19.7 Å². The maximum absolute atomic E-state index is 13.7. The van der Waals surface area contributed by atoms with Crippen molar-refractivity contribution in [3.8, 4) is 16.9 Å². The van der Waals surface area contributed by atoms with Crippen molar-refractivity contribution in [2.45, 2.75) is 96.2 Å². The van der Waals surface area contributed by atoms with Gasteiger partial charge in [-0.05, 0) is 141 Å². The monoisotopic (exact) mass is 1000 g/mol. The summed E-state index contributed by atoms with van der Waals surface area (Å²) in [6.45, 7) is 8.78. The van der Waals surface area contributed by atoms with Crippen LogP contribution in [0.1, 0.15) is 113 Å². The Kier molecular flexibility index (Phi) is 14.0. The molecule has 3 aliphatic heterocycles. The van der Waals surface area contributed by atoms with Crippen molar-refractivity contribution >= 4 is 67.3 Å². The van der Waals surface area contributed by atoms with Crippen LogP contribution >= 0.6 is 11.3 Å². The maximum atomic E-state index is 13.7. The summed E-state index contributed by atoms with van der Waals surface area (Å²) in [5, 5.41) is 16.5. The van der Waals surface area contributed by atoms with Gasteiger partial charge in [0, 0.05) is 56.8 Å². The van der Waals surface area contributed by atoms with Crippen molar-refractivity contribution < 1.29 is 33.4 Å². The highest BCUT2D eigenvalue weighted by atomic mass is 32.1. The molecule has 1 aliphatic carbocycles. The predicted molar refractivity (Wildman–Crippen MR) is 281 cm³/mol. The summed E-state index contributed by atoms with van der Waals surface area (Å²) in [5.41, 5.74) is 7.92. The Morgan fingerprint density at radius 2 is 1.64 bits per heavy atom. The zero-order chi connectivity index (χ0) is 50.0. The SMILES string of the molecule is Cc1c(OC2CCC(CCCCN3CCN(Cc4nc5cc(C6CCC(=O)NC6=O)ccc5o4)CC3)CC2)cccc1-c1ccc(N2CCc3cccc(C(=O)Nc4nc5ccccc5s4)c3C2)nc1C(=O)O. The number of piperidine rings is 1. The lowest BCUT2D eigenvalue weighted by Gasteiger charge is -2.34. The minimum Gasteiger partial charge on any atom is -0.490 e. The number of carbonyl (C=O) groups is 4. The molecule has 3 N–H and O–H groups in total. The molecule has 11 rings (SSSR count). The number of aromatic carboxylic acids is 1. The van der Waals surface area contributed by atoms with Crippen LogP contribution in [0.3, 0.4) is 0 Å². The number of ether oxygens (including phenoxy) is 1. The van der Waals surface area contributed by atoms with Crippen LogP contribution in [0.5, 0.6) is 5.75 Å². The van der Waals surface area contributed by atoms with Gasteiger partial charge in [-0.2, -0.15) is 0 Å². The second-order valence-corrected chi connectivity index (χ2v) is 21.1. The van der Waals surface area contributed by atoms with Gasteiger partial charge in [0.25, 0.3) is 5.91 Å². The number of thiazole rings is 1. The Hall–Kier alpha value is -7.01. The molecule has 376 valence electrons. The topological polar surface area (TPSA) is 183 Å². The van der Waals surface area contributed by atoms with Crippen molar-refractivity contribution in [1.82, 2.24) is 30.1 Å². The number of benzene rings is 4. The molecule has 1 saturated carbocycles. The van der Waals surface area contributed by atoms with Crippen molar-refractivity contribution in [2.75, 3.05) is 49.5 Å². The third-order valence-electron chi connectivity index (χ3n) is 15.4. The molecule has 15 nitrogen and oxygen atoms in total.